The van der Waals surface area contributed by atoms with E-state index in [1.54, 1.807) is 0 Å². The van der Waals surface area contributed by atoms with Crippen LogP contribution in [-0.2, 0) is 6.54 Å². The summed E-state index contributed by atoms with van der Waals surface area (Å²) in [6.07, 6.45) is 0. The maximum atomic E-state index is 12.5. The fourth-order valence-electron chi connectivity index (χ4n) is 3.09. The fourth-order valence-corrected chi connectivity index (χ4v) is 3.09. The lowest BCUT2D eigenvalue weighted by molar-refractivity contribution is 0.0925. The molecule has 4 aromatic rings. The van der Waals surface area contributed by atoms with Crippen LogP contribution in [0.2, 0.25) is 0 Å². The fraction of sp³-hybridized carbons (Fsp3) is 0.136. The third-order valence-corrected chi connectivity index (χ3v) is 4.56. The molecule has 0 aliphatic heterocycles. The number of furan rings is 1. The highest BCUT2D eigenvalue weighted by atomic mass is 16.3. The van der Waals surface area contributed by atoms with Gasteiger partial charge in [-0.2, -0.15) is 0 Å². The van der Waals surface area contributed by atoms with Crippen molar-refractivity contribution in [1.29, 1.82) is 0 Å². The van der Waals surface area contributed by atoms with E-state index < -0.39 is 0 Å². The number of hydrogen-bond acceptors (Lipinski definition) is 3. The molecule has 0 unspecified atom stereocenters. The quantitative estimate of drug-likeness (QED) is 0.589. The van der Waals surface area contributed by atoms with Crippen LogP contribution in [0.25, 0.3) is 21.7 Å². The zero-order chi connectivity index (χ0) is 18.1. The highest BCUT2D eigenvalue weighted by Crippen LogP contribution is 2.28. The summed E-state index contributed by atoms with van der Waals surface area (Å²) in [6, 6.07) is 21.9. The molecule has 0 aliphatic carbocycles. The molecule has 0 aliphatic rings. The van der Waals surface area contributed by atoms with E-state index in [4.69, 9.17) is 4.42 Å². The highest BCUT2D eigenvalue weighted by molar-refractivity contribution is 6.08. The van der Waals surface area contributed by atoms with Crippen molar-refractivity contribution in [3.63, 3.8) is 0 Å². The lowest BCUT2D eigenvalue weighted by Gasteiger charge is -2.12. The van der Waals surface area contributed by atoms with E-state index in [1.807, 2.05) is 79.7 Å². The number of amides is 1. The van der Waals surface area contributed by atoms with Gasteiger partial charge in [-0.05, 0) is 40.6 Å². The Morgan fingerprint density at radius 2 is 1.73 bits per heavy atom. The minimum atomic E-state index is -0.207. The Bertz CT molecular complexity index is 1080. The number of nitrogens with zero attached hydrogens (tertiary/aromatic N) is 1. The van der Waals surface area contributed by atoms with Crippen LogP contribution in [0.5, 0.6) is 0 Å². The highest BCUT2D eigenvalue weighted by Gasteiger charge is 2.13. The lowest BCUT2D eigenvalue weighted by Crippen LogP contribution is -2.22. The van der Waals surface area contributed by atoms with Gasteiger partial charge in [0.2, 0.25) is 0 Å². The summed E-state index contributed by atoms with van der Waals surface area (Å²) >= 11 is 0. The second-order valence-corrected chi connectivity index (χ2v) is 6.55. The number of carbonyl (C=O) groups excluding carboxylic acids is 1. The molecule has 130 valence electrons. The summed E-state index contributed by atoms with van der Waals surface area (Å²) in [7, 11) is 4.00. The monoisotopic (exact) mass is 344 g/mol. The molecule has 1 N–H and O–H groups in total. The van der Waals surface area contributed by atoms with E-state index in [0.29, 0.717) is 12.3 Å². The molecule has 1 heterocycles. The largest absolute Gasteiger partial charge is 0.451 e. The smallest absolute Gasteiger partial charge is 0.287 e. The number of carbonyl (C=O) groups is 1. The first-order valence-corrected chi connectivity index (χ1v) is 8.57. The Balaban J connectivity index is 1.53. The first-order valence-electron chi connectivity index (χ1n) is 8.57. The predicted molar refractivity (Wildman–Crippen MR) is 106 cm³/mol. The topological polar surface area (TPSA) is 45.5 Å². The maximum Gasteiger partial charge on any atom is 0.287 e. The van der Waals surface area contributed by atoms with Crippen LogP contribution in [0.1, 0.15) is 16.1 Å². The summed E-state index contributed by atoms with van der Waals surface area (Å²) < 4.78 is 5.76. The van der Waals surface area contributed by atoms with Crippen LogP contribution in [0.3, 0.4) is 0 Å². The van der Waals surface area contributed by atoms with E-state index in [9.17, 15) is 4.79 Å². The van der Waals surface area contributed by atoms with Gasteiger partial charge in [0.15, 0.2) is 5.76 Å². The molecular weight excluding hydrogens is 324 g/mol. The van der Waals surface area contributed by atoms with Crippen LogP contribution in [-0.4, -0.2) is 20.0 Å². The number of nitrogens with one attached hydrogen (secondary N) is 1. The molecule has 4 nitrogen and oxygen atoms in total. The number of rotatable bonds is 4. The van der Waals surface area contributed by atoms with Crippen molar-refractivity contribution in [3.05, 3.63) is 78.1 Å². The number of benzene rings is 3. The first-order chi connectivity index (χ1) is 12.6. The van der Waals surface area contributed by atoms with E-state index in [0.717, 1.165) is 33.0 Å². The average molecular weight is 344 g/mol. The summed E-state index contributed by atoms with van der Waals surface area (Å²) in [5.41, 5.74) is 2.90. The molecule has 0 radical (unpaired) electrons. The van der Waals surface area contributed by atoms with Crippen LogP contribution in [0.15, 0.2) is 71.1 Å². The SMILES string of the molecule is CN(C)c1ccc(CNC(=O)c2cc3c(ccc4ccccc43)o2)cc1. The van der Waals surface area contributed by atoms with E-state index in [-0.39, 0.29) is 5.91 Å². The van der Waals surface area contributed by atoms with E-state index >= 15 is 0 Å². The maximum absolute atomic E-state index is 12.5. The molecule has 0 spiro atoms. The Morgan fingerprint density at radius 1 is 0.962 bits per heavy atom. The summed E-state index contributed by atoms with van der Waals surface area (Å²) in [5.74, 6) is 0.128. The van der Waals surface area contributed by atoms with Gasteiger partial charge in [0, 0.05) is 31.7 Å². The molecule has 0 bridgehead atoms. The summed E-state index contributed by atoms with van der Waals surface area (Å²) in [6.45, 7) is 0.463. The molecular formula is C22H20N2O2. The Morgan fingerprint density at radius 3 is 2.50 bits per heavy atom. The second kappa shape index (κ2) is 6.56. The minimum Gasteiger partial charge on any atom is -0.451 e. The van der Waals surface area contributed by atoms with Crippen LogP contribution < -0.4 is 10.2 Å². The number of anilines is 1. The van der Waals surface area contributed by atoms with Gasteiger partial charge in [-0.15, -0.1) is 0 Å². The Kier molecular flexibility index (Phi) is 4.09. The average Bonchev–Trinajstić information content (AvgIpc) is 3.11. The van der Waals surface area contributed by atoms with Gasteiger partial charge in [-0.25, -0.2) is 0 Å². The molecule has 0 saturated carbocycles. The van der Waals surface area contributed by atoms with Gasteiger partial charge in [0.1, 0.15) is 5.58 Å². The molecule has 26 heavy (non-hydrogen) atoms. The molecule has 1 amide bonds. The van der Waals surface area contributed by atoms with Gasteiger partial charge in [-0.1, -0.05) is 42.5 Å². The third kappa shape index (κ3) is 3.02. The zero-order valence-electron chi connectivity index (χ0n) is 14.8. The number of fused-ring (bicyclic) bond motifs is 3. The van der Waals surface area contributed by atoms with Crippen molar-refractivity contribution in [3.8, 4) is 0 Å². The molecule has 0 saturated heterocycles. The molecule has 0 atom stereocenters. The van der Waals surface area contributed by atoms with Crippen LogP contribution in [0, 0.1) is 0 Å². The van der Waals surface area contributed by atoms with Crippen molar-refractivity contribution in [2.24, 2.45) is 0 Å². The van der Waals surface area contributed by atoms with Crippen molar-refractivity contribution >= 4 is 33.3 Å². The molecule has 0 fully saturated rings. The molecule has 3 aromatic carbocycles. The lowest BCUT2D eigenvalue weighted by atomic mass is 10.1. The number of hydrogen-bond donors (Lipinski definition) is 1. The second-order valence-electron chi connectivity index (χ2n) is 6.55. The first kappa shape index (κ1) is 16.2. The zero-order valence-corrected chi connectivity index (χ0v) is 14.8. The third-order valence-electron chi connectivity index (χ3n) is 4.56. The molecule has 1 aromatic heterocycles. The van der Waals surface area contributed by atoms with Gasteiger partial charge >= 0.3 is 0 Å². The predicted octanol–water partition coefficient (Wildman–Crippen LogP) is 4.58. The minimum absolute atomic E-state index is 0.207. The summed E-state index contributed by atoms with van der Waals surface area (Å²) in [5, 5.41) is 6.11. The van der Waals surface area contributed by atoms with Gasteiger partial charge in [-0.3, -0.25) is 4.79 Å². The Hall–Kier alpha value is -3.27. The van der Waals surface area contributed by atoms with E-state index in [1.165, 1.54) is 0 Å². The van der Waals surface area contributed by atoms with Crippen LogP contribution >= 0.6 is 0 Å². The molecule has 4 rings (SSSR count). The van der Waals surface area contributed by atoms with Gasteiger partial charge in [0.05, 0.1) is 0 Å². The normalized spacial score (nSPS) is 11.0. The van der Waals surface area contributed by atoms with Crippen molar-refractivity contribution in [1.82, 2.24) is 5.32 Å². The van der Waals surface area contributed by atoms with Crippen molar-refractivity contribution in [2.75, 3.05) is 19.0 Å². The molecule has 4 heteroatoms. The van der Waals surface area contributed by atoms with Crippen molar-refractivity contribution in [2.45, 2.75) is 6.54 Å². The van der Waals surface area contributed by atoms with E-state index in [2.05, 4.69) is 11.4 Å². The summed E-state index contributed by atoms with van der Waals surface area (Å²) in [4.78, 5) is 14.5. The Labute approximate surface area is 152 Å². The van der Waals surface area contributed by atoms with Crippen molar-refractivity contribution < 1.29 is 9.21 Å². The van der Waals surface area contributed by atoms with Gasteiger partial charge < -0.3 is 14.6 Å². The standard InChI is InChI=1S/C22H20N2O2/c1-24(2)17-10-7-15(8-11-17)14-23-22(25)21-13-19-18-6-4-3-5-16(18)9-12-20(19)26-21/h3-13H,14H2,1-2H3,(H,23,25). The van der Waals surface area contributed by atoms with Gasteiger partial charge in [0.25, 0.3) is 5.91 Å². The van der Waals surface area contributed by atoms with Crippen LogP contribution in [0.4, 0.5) is 5.69 Å².